The van der Waals surface area contributed by atoms with Crippen molar-refractivity contribution in [2.24, 2.45) is 11.3 Å². The van der Waals surface area contributed by atoms with Gasteiger partial charge in [0.15, 0.2) is 0 Å². The Kier molecular flexibility index (Phi) is 9.09. The standard InChI is InChI=1S/C57H75BN2O/c1-34-29-36(52(5,6)7)21-24-42(34)60-43-33-40-39(54(11,12)25-26-55(40,13)14)32-41(43)58-47-44(30-37(31-45(47)60)53(8,9)10)59(38-22-19-35(20-23-38)51(2,3)4)48-46-49(61-50(48)58)57(17,18)28-27-56(46,15)16/h19-20,22-24,29-33,36H,21,25-28H2,1-18H3. The summed E-state index contributed by atoms with van der Waals surface area (Å²) in [6, 6.07) is 20.0. The molecule has 61 heavy (non-hydrogen) atoms. The van der Waals surface area contributed by atoms with E-state index in [0.717, 1.165) is 24.9 Å². The molecule has 0 fully saturated rings. The highest BCUT2D eigenvalue weighted by molar-refractivity contribution is 6.99. The summed E-state index contributed by atoms with van der Waals surface area (Å²) < 4.78 is 7.72. The lowest BCUT2D eigenvalue weighted by Crippen LogP contribution is -2.62. The van der Waals surface area contributed by atoms with E-state index in [2.05, 4.69) is 195 Å². The Morgan fingerprint density at radius 2 is 1.16 bits per heavy atom. The SMILES string of the molecule is CC1=CC(C(C)(C)C)CC=C1N1c2cc3c(cc2B2c4oc5c(c4N(c4ccc(C(C)(C)C)cc4)c4cc(C(C)(C)C)cc1c42)C(C)(C)CCC5(C)C)C(C)(C)CCC3(C)C. The van der Waals surface area contributed by atoms with Crippen LogP contribution in [0.2, 0.25) is 0 Å². The zero-order chi connectivity index (χ0) is 44.4. The van der Waals surface area contributed by atoms with Crippen molar-refractivity contribution in [1.29, 1.82) is 0 Å². The van der Waals surface area contributed by atoms with Crippen molar-refractivity contribution < 1.29 is 4.42 Å². The molecule has 3 heterocycles. The molecule has 0 radical (unpaired) electrons. The third-order valence-corrected chi connectivity index (χ3v) is 16.2. The molecule has 9 rings (SSSR count). The van der Waals surface area contributed by atoms with Crippen molar-refractivity contribution in [3.05, 3.63) is 106 Å². The maximum atomic E-state index is 7.72. The first-order chi connectivity index (χ1) is 28.0. The summed E-state index contributed by atoms with van der Waals surface area (Å²) in [4.78, 5) is 5.37. The van der Waals surface area contributed by atoms with Crippen LogP contribution in [0.5, 0.6) is 0 Å². The molecule has 0 N–H and O–H groups in total. The maximum Gasteiger partial charge on any atom is 0.297 e. The predicted molar refractivity (Wildman–Crippen MR) is 264 cm³/mol. The predicted octanol–water partition coefficient (Wildman–Crippen LogP) is 14.2. The highest BCUT2D eigenvalue weighted by Crippen LogP contribution is 2.56. The van der Waals surface area contributed by atoms with Gasteiger partial charge in [-0.2, -0.15) is 0 Å². The lowest BCUT2D eigenvalue weighted by molar-refractivity contribution is 0.282. The number of anilines is 5. The molecule has 5 aliphatic rings. The van der Waals surface area contributed by atoms with E-state index in [1.165, 1.54) is 97.1 Å². The van der Waals surface area contributed by atoms with Crippen LogP contribution in [0.25, 0.3) is 0 Å². The quantitative estimate of drug-likeness (QED) is 0.166. The van der Waals surface area contributed by atoms with Gasteiger partial charge in [0.05, 0.1) is 11.3 Å². The molecule has 4 heteroatoms. The summed E-state index contributed by atoms with van der Waals surface area (Å²) in [5.41, 5.74) is 20.3. The van der Waals surface area contributed by atoms with E-state index in [1.54, 1.807) is 0 Å². The van der Waals surface area contributed by atoms with E-state index in [-0.39, 0.29) is 44.6 Å². The Bertz CT molecular complexity index is 2530. The third kappa shape index (κ3) is 6.48. The van der Waals surface area contributed by atoms with Crippen molar-refractivity contribution in [2.45, 2.75) is 189 Å². The van der Waals surface area contributed by atoms with Crippen LogP contribution >= 0.6 is 0 Å². The molecule has 0 saturated heterocycles. The molecular formula is C57H75BN2O. The fraction of sp³-hybridized carbons (Fsp3) is 0.544. The minimum absolute atomic E-state index is 0.0514. The van der Waals surface area contributed by atoms with Gasteiger partial charge in [0.25, 0.3) is 6.71 Å². The Morgan fingerprint density at radius 3 is 1.72 bits per heavy atom. The third-order valence-electron chi connectivity index (χ3n) is 16.2. The topological polar surface area (TPSA) is 19.6 Å². The van der Waals surface area contributed by atoms with Crippen LogP contribution in [-0.4, -0.2) is 6.71 Å². The molecule has 0 bridgehead atoms. The molecule has 1 atom stereocenters. The summed E-state index contributed by atoms with van der Waals surface area (Å²) in [6.07, 6.45) is 10.8. The second-order valence-electron chi connectivity index (χ2n) is 25.7. The average Bonchev–Trinajstić information content (AvgIpc) is 3.57. The van der Waals surface area contributed by atoms with Crippen LogP contribution in [0.15, 0.2) is 76.4 Å². The molecule has 2 aliphatic heterocycles. The second-order valence-corrected chi connectivity index (χ2v) is 25.7. The maximum absolute atomic E-state index is 7.72. The Hall–Kier alpha value is -3.92. The second kappa shape index (κ2) is 13.1. The zero-order valence-electron chi connectivity index (χ0n) is 41.3. The van der Waals surface area contributed by atoms with Gasteiger partial charge in [-0.15, -0.1) is 0 Å². The Balaban J connectivity index is 1.44. The van der Waals surface area contributed by atoms with E-state index < -0.39 is 0 Å². The monoisotopic (exact) mass is 815 g/mol. The van der Waals surface area contributed by atoms with Gasteiger partial charge in [-0.3, -0.25) is 0 Å². The number of benzene rings is 3. The minimum Gasteiger partial charge on any atom is -0.472 e. The van der Waals surface area contributed by atoms with Crippen LogP contribution in [0.3, 0.4) is 0 Å². The molecule has 3 nitrogen and oxygen atoms in total. The largest absolute Gasteiger partial charge is 0.472 e. The molecule has 4 aromatic rings. The van der Waals surface area contributed by atoms with Crippen LogP contribution in [-0.2, 0) is 32.5 Å². The van der Waals surface area contributed by atoms with Crippen molar-refractivity contribution in [1.82, 2.24) is 0 Å². The number of nitrogens with zero attached hydrogens (tertiary/aromatic N) is 2. The lowest BCUT2D eigenvalue weighted by Gasteiger charge is -2.48. The van der Waals surface area contributed by atoms with Gasteiger partial charge < -0.3 is 14.2 Å². The first kappa shape index (κ1) is 42.4. The number of furan rings is 1. The number of hydrogen-bond acceptors (Lipinski definition) is 3. The Labute approximate surface area is 370 Å². The van der Waals surface area contributed by atoms with Crippen LogP contribution in [0.4, 0.5) is 28.4 Å². The van der Waals surface area contributed by atoms with Crippen molar-refractivity contribution >= 4 is 51.7 Å². The smallest absolute Gasteiger partial charge is 0.297 e. The number of rotatable bonds is 2. The zero-order valence-corrected chi connectivity index (χ0v) is 41.3. The molecule has 322 valence electrons. The highest BCUT2D eigenvalue weighted by atomic mass is 16.3. The van der Waals surface area contributed by atoms with Gasteiger partial charge in [0.1, 0.15) is 5.76 Å². The Morgan fingerprint density at radius 1 is 0.623 bits per heavy atom. The van der Waals surface area contributed by atoms with E-state index in [0.29, 0.717) is 5.92 Å². The summed E-state index contributed by atoms with van der Waals surface area (Å²) in [6.45, 7) is 43.3. The number of hydrogen-bond donors (Lipinski definition) is 0. The first-order valence-corrected chi connectivity index (χ1v) is 23.7. The van der Waals surface area contributed by atoms with E-state index in [4.69, 9.17) is 4.42 Å². The molecule has 1 unspecified atom stereocenters. The van der Waals surface area contributed by atoms with E-state index >= 15 is 0 Å². The van der Waals surface area contributed by atoms with Crippen LogP contribution in [0, 0.1) is 11.3 Å². The summed E-state index contributed by atoms with van der Waals surface area (Å²) in [7, 11) is 0. The van der Waals surface area contributed by atoms with Crippen LogP contribution in [0.1, 0.15) is 190 Å². The average molecular weight is 815 g/mol. The molecule has 3 aromatic carbocycles. The number of fused-ring (bicyclic) bond motifs is 7. The minimum atomic E-state index is -0.0862. The van der Waals surface area contributed by atoms with Crippen LogP contribution < -0.4 is 26.4 Å². The van der Waals surface area contributed by atoms with E-state index in [9.17, 15) is 0 Å². The number of allylic oxidation sites excluding steroid dienone is 3. The summed E-state index contributed by atoms with van der Waals surface area (Å²) in [5, 5.41) is 0. The van der Waals surface area contributed by atoms with Gasteiger partial charge in [-0.1, -0.05) is 148 Å². The lowest BCUT2D eigenvalue weighted by atomic mass is 9.34. The summed E-state index contributed by atoms with van der Waals surface area (Å²) >= 11 is 0. The fourth-order valence-corrected chi connectivity index (χ4v) is 11.6. The normalized spacial score (nSPS) is 22.1. The van der Waals surface area contributed by atoms with Crippen molar-refractivity contribution in [2.75, 3.05) is 9.80 Å². The van der Waals surface area contributed by atoms with Crippen molar-refractivity contribution in [3.63, 3.8) is 0 Å². The van der Waals surface area contributed by atoms with Gasteiger partial charge >= 0.3 is 0 Å². The van der Waals surface area contributed by atoms with Crippen molar-refractivity contribution in [3.8, 4) is 0 Å². The molecule has 0 amide bonds. The molecule has 0 spiro atoms. The first-order valence-electron chi connectivity index (χ1n) is 23.7. The fourth-order valence-electron chi connectivity index (χ4n) is 11.6. The highest BCUT2D eigenvalue weighted by Gasteiger charge is 2.53. The molecular weight excluding hydrogens is 739 g/mol. The molecule has 3 aliphatic carbocycles. The van der Waals surface area contributed by atoms with Gasteiger partial charge in [0.2, 0.25) is 0 Å². The van der Waals surface area contributed by atoms with Gasteiger partial charge in [-0.25, -0.2) is 0 Å². The molecule has 1 aromatic heterocycles. The molecule has 0 saturated carbocycles. The summed E-state index contributed by atoms with van der Waals surface area (Å²) in [5.74, 6) is 1.67. The van der Waals surface area contributed by atoms with E-state index in [1.807, 2.05) is 0 Å². The van der Waals surface area contributed by atoms with Gasteiger partial charge in [-0.05, 0) is 147 Å². The van der Waals surface area contributed by atoms with Gasteiger partial charge in [0, 0.05) is 39.4 Å².